The van der Waals surface area contributed by atoms with Crippen LogP contribution in [0.4, 0.5) is 0 Å². The van der Waals surface area contributed by atoms with Gasteiger partial charge in [0.25, 0.3) is 0 Å². The van der Waals surface area contributed by atoms with Gasteiger partial charge in [0.1, 0.15) is 6.54 Å². The summed E-state index contributed by atoms with van der Waals surface area (Å²) in [6.45, 7) is 0.468. The van der Waals surface area contributed by atoms with Crippen LogP contribution in [0.5, 0.6) is 0 Å². The fourth-order valence-electron chi connectivity index (χ4n) is 2.75. The summed E-state index contributed by atoms with van der Waals surface area (Å²) in [6, 6.07) is 10.2. The van der Waals surface area contributed by atoms with Gasteiger partial charge in [-0.15, -0.1) is 0 Å². The van der Waals surface area contributed by atoms with Crippen molar-refractivity contribution in [3.63, 3.8) is 0 Å². The highest BCUT2D eigenvalue weighted by molar-refractivity contribution is 5.83. The van der Waals surface area contributed by atoms with Crippen LogP contribution in [0, 0.1) is 5.92 Å². The molecule has 1 aromatic heterocycles. The number of aliphatic hydroxyl groups excluding tert-OH is 1. The molecule has 2 N–H and O–H groups in total. The van der Waals surface area contributed by atoms with E-state index < -0.39 is 0 Å². The summed E-state index contributed by atoms with van der Waals surface area (Å²) in [4.78, 5) is 12.2. The molecule has 1 fully saturated rings. The van der Waals surface area contributed by atoms with E-state index in [1.807, 2.05) is 41.1 Å². The Kier molecular flexibility index (Phi) is 3.74. The number of nitrogens with one attached hydrogen (secondary N) is 1. The van der Waals surface area contributed by atoms with Gasteiger partial charge in [-0.3, -0.25) is 4.79 Å². The number of fused-ring (bicyclic) bond motifs is 1. The van der Waals surface area contributed by atoms with E-state index in [1.54, 1.807) is 0 Å². The topological polar surface area (TPSA) is 54.3 Å². The molecule has 1 unspecified atom stereocenters. The maximum atomic E-state index is 12.2. The van der Waals surface area contributed by atoms with Crippen molar-refractivity contribution in [1.29, 1.82) is 0 Å². The maximum Gasteiger partial charge on any atom is 0.240 e. The summed E-state index contributed by atoms with van der Waals surface area (Å²) in [6.07, 6.45) is 4.93. The Morgan fingerprint density at radius 3 is 2.90 bits per heavy atom. The summed E-state index contributed by atoms with van der Waals surface area (Å²) in [5.41, 5.74) is 1.08. The zero-order valence-corrected chi connectivity index (χ0v) is 11.5. The van der Waals surface area contributed by atoms with E-state index in [2.05, 4.69) is 5.32 Å². The quantitative estimate of drug-likeness (QED) is 0.844. The normalized spacial score (nSPS) is 16.2. The van der Waals surface area contributed by atoms with Crippen molar-refractivity contribution >= 4 is 16.8 Å². The first-order valence-electron chi connectivity index (χ1n) is 7.22. The second-order valence-corrected chi connectivity index (χ2v) is 5.53. The first-order chi connectivity index (χ1) is 9.78. The summed E-state index contributed by atoms with van der Waals surface area (Å²) in [7, 11) is 0. The fourth-order valence-corrected chi connectivity index (χ4v) is 2.75. The number of aliphatic hydroxyl groups is 1. The molecular weight excluding hydrogens is 252 g/mol. The van der Waals surface area contributed by atoms with Crippen LogP contribution in [0.1, 0.15) is 19.3 Å². The van der Waals surface area contributed by atoms with Gasteiger partial charge in [0.05, 0.1) is 0 Å². The second kappa shape index (κ2) is 5.67. The van der Waals surface area contributed by atoms with E-state index >= 15 is 0 Å². The number of hydrogen-bond donors (Lipinski definition) is 2. The third kappa shape index (κ3) is 2.85. The largest absolute Gasteiger partial charge is 0.396 e. The van der Waals surface area contributed by atoms with Gasteiger partial charge >= 0.3 is 0 Å². The Hall–Kier alpha value is -1.81. The fraction of sp³-hybridized carbons (Fsp3) is 0.438. The van der Waals surface area contributed by atoms with E-state index in [0.29, 0.717) is 18.9 Å². The number of rotatable bonds is 6. The highest BCUT2D eigenvalue weighted by Gasteiger charge is 2.31. The van der Waals surface area contributed by atoms with Crippen molar-refractivity contribution in [2.24, 2.45) is 5.92 Å². The minimum Gasteiger partial charge on any atom is -0.396 e. The first kappa shape index (κ1) is 13.2. The monoisotopic (exact) mass is 272 g/mol. The summed E-state index contributed by atoms with van der Waals surface area (Å²) in [5, 5.41) is 13.3. The number of carbonyl (C=O) groups is 1. The third-order valence-electron chi connectivity index (χ3n) is 3.97. The molecule has 106 valence electrons. The Morgan fingerprint density at radius 1 is 1.35 bits per heavy atom. The number of benzene rings is 1. The number of carbonyl (C=O) groups excluding carboxylic acids is 1. The van der Waals surface area contributed by atoms with Crippen LogP contribution in [-0.2, 0) is 11.3 Å². The SMILES string of the molecule is O=C(Cn1ccc2ccccc21)NC(CCO)C1CC1. The Balaban J connectivity index is 1.66. The lowest BCUT2D eigenvalue weighted by molar-refractivity contribution is -0.122. The van der Waals surface area contributed by atoms with Crippen LogP contribution < -0.4 is 5.32 Å². The standard InChI is InChI=1S/C16H20N2O2/c19-10-8-14(12-5-6-12)17-16(20)11-18-9-7-13-3-1-2-4-15(13)18/h1-4,7,9,12,14,19H,5-6,8,10-11H2,(H,17,20). The smallest absolute Gasteiger partial charge is 0.240 e. The van der Waals surface area contributed by atoms with E-state index in [0.717, 1.165) is 23.7 Å². The molecule has 0 saturated heterocycles. The van der Waals surface area contributed by atoms with Gasteiger partial charge in [-0.25, -0.2) is 0 Å². The molecular formula is C16H20N2O2. The van der Waals surface area contributed by atoms with Crippen molar-refractivity contribution in [2.45, 2.75) is 31.8 Å². The predicted octanol–water partition coefficient (Wildman–Crippen LogP) is 1.92. The van der Waals surface area contributed by atoms with Crippen molar-refractivity contribution in [2.75, 3.05) is 6.61 Å². The molecule has 1 atom stereocenters. The zero-order chi connectivity index (χ0) is 13.9. The van der Waals surface area contributed by atoms with Gasteiger partial charge in [-0.1, -0.05) is 18.2 Å². The van der Waals surface area contributed by atoms with Crippen molar-refractivity contribution in [3.8, 4) is 0 Å². The summed E-state index contributed by atoms with van der Waals surface area (Å²) >= 11 is 0. The lowest BCUT2D eigenvalue weighted by Crippen LogP contribution is -2.39. The van der Waals surface area contributed by atoms with E-state index in [9.17, 15) is 4.79 Å². The minimum atomic E-state index is 0.0247. The molecule has 1 aliphatic carbocycles. The molecule has 4 nitrogen and oxygen atoms in total. The van der Waals surface area contributed by atoms with Gasteiger partial charge in [0.2, 0.25) is 5.91 Å². The van der Waals surface area contributed by atoms with Gasteiger partial charge in [0, 0.05) is 24.4 Å². The average Bonchev–Trinajstić information content (AvgIpc) is 3.22. The zero-order valence-electron chi connectivity index (χ0n) is 11.5. The van der Waals surface area contributed by atoms with Crippen LogP contribution in [0.25, 0.3) is 10.9 Å². The molecule has 0 bridgehead atoms. The molecule has 1 amide bonds. The average molecular weight is 272 g/mol. The van der Waals surface area contributed by atoms with Gasteiger partial charge < -0.3 is 15.0 Å². The minimum absolute atomic E-state index is 0.0247. The predicted molar refractivity (Wildman–Crippen MR) is 78.3 cm³/mol. The van der Waals surface area contributed by atoms with Crippen molar-refractivity contribution < 1.29 is 9.90 Å². The molecule has 3 rings (SSSR count). The lowest BCUT2D eigenvalue weighted by atomic mass is 10.1. The summed E-state index contributed by atoms with van der Waals surface area (Å²) in [5.74, 6) is 0.587. The Morgan fingerprint density at radius 2 is 2.15 bits per heavy atom. The highest BCUT2D eigenvalue weighted by Crippen LogP contribution is 2.33. The van der Waals surface area contributed by atoms with Crippen LogP contribution in [0.2, 0.25) is 0 Å². The summed E-state index contributed by atoms with van der Waals surface area (Å²) < 4.78 is 1.97. The van der Waals surface area contributed by atoms with Crippen molar-refractivity contribution in [3.05, 3.63) is 36.5 Å². The number of para-hydroxylation sites is 1. The first-order valence-corrected chi connectivity index (χ1v) is 7.22. The van der Waals surface area contributed by atoms with Gasteiger partial charge in [0.15, 0.2) is 0 Å². The molecule has 1 saturated carbocycles. The van der Waals surface area contributed by atoms with E-state index in [-0.39, 0.29) is 18.6 Å². The molecule has 20 heavy (non-hydrogen) atoms. The number of nitrogens with zero attached hydrogens (tertiary/aromatic N) is 1. The maximum absolute atomic E-state index is 12.2. The third-order valence-corrected chi connectivity index (χ3v) is 3.97. The molecule has 1 aliphatic rings. The molecule has 1 aromatic carbocycles. The number of hydrogen-bond acceptors (Lipinski definition) is 2. The van der Waals surface area contributed by atoms with Crippen LogP contribution in [0.15, 0.2) is 36.5 Å². The van der Waals surface area contributed by atoms with Gasteiger partial charge in [-0.2, -0.15) is 0 Å². The molecule has 1 heterocycles. The highest BCUT2D eigenvalue weighted by atomic mass is 16.3. The van der Waals surface area contributed by atoms with Crippen LogP contribution >= 0.6 is 0 Å². The molecule has 0 aliphatic heterocycles. The molecule has 4 heteroatoms. The Bertz CT molecular complexity index is 601. The molecule has 0 radical (unpaired) electrons. The van der Waals surface area contributed by atoms with Crippen molar-refractivity contribution in [1.82, 2.24) is 9.88 Å². The number of amides is 1. The Labute approximate surface area is 118 Å². The lowest BCUT2D eigenvalue weighted by Gasteiger charge is -2.17. The van der Waals surface area contributed by atoms with Crippen LogP contribution in [-0.4, -0.2) is 28.2 Å². The molecule has 2 aromatic rings. The van der Waals surface area contributed by atoms with Gasteiger partial charge in [-0.05, 0) is 42.7 Å². The van der Waals surface area contributed by atoms with E-state index in [1.165, 1.54) is 0 Å². The number of aromatic nitrogens is 1. The second-order valence-electron chi connectivity index (χ2n) is 5.53. The van der Waals surface area contributed by atoms with Crippen LogP contribution in [0.3, 0.4) is 0 Å². The van der Waals surface area contributed by atoms with E-state index in [4.69, 9.17) is 5.11 Å². The molecule has 0 spiro atoms.